The fourth-order valence-electron chi connectivity index (χ4n) is 4.14. The zero-order valence-corrected chi connectivity index (χ0v) is 17.8. The van der Waals surface area contributed by atoms with Gasteiger partial charge >= 0.3 is 11.9 Å². The Morgan fingerprint density at radius 2 is 1.72 bits per heavy atom. The van der Waals surface area contributed by atoms with E-state index in [1.165, 1.54) is 5.56 Å². The summed E-state index contributed by atoms with van der Waals surface area (Å²) in [5.74, 6) is -2.51. The van der Waals surface area contributed by atoms with E-state index in [0.29, 0.717) is 12.2 Å². The van der Waals surface area contributed by atoms with Gasteiger partial charge < -0.3 is 20.4 Å². The van der Waals surface area contributed by atoms with Crippen molar-refractivity contribution in [1.29, 1.82) is 0 Å². The minimum Gasteiger partial charge on any atom is -0.478 e. The molecule has 0 unspecified atom stereocenters. The molecule has 2 aromatic carbocycles. The maximum absolute atomic E-state index is 11.3. The summed E-state index contributed by atoms with van der Waals surface area (Å²) in [6.07, 6.45) is 3.06. The molecule has 0 aromatic heterocycles. The van der Waals surface area contributed by atoms with E-state index in [-0.39, 0.29) is 16.0 Å². The summed E-state index contributed by atoms with van der Waals surface area (Å²) in [7, 11) is 0. The Morgan fingerprint density at radius 1 is 1.09 bits per heavy atom. The molecule has 2 aliphatic heterocycles. The van der Waals surface area contributed by atoms with E-state index in [4.69, 9.17) is 21.8 Å². The molecule has 0 atom stereocenters. The fourth-order valence-corrected chi connectivity index (χ4v) is 4.31. The van der Waals surface area contributed by atoms with Gasteiger partial charge in [-0.05, 0) is 36.6 Å². The topological polar surface area (TPSA) is 133 Å². The van der Waals surface area contributed by atoms with Crippen molar-refractivity contribution in [2.24, 2.45) is 0 Å². The zero-order chi connectivity index (χ0) is 23.3. The Morgan fingerprint density at radius 3 is 2.31 bits per heavy atom. The number of aliphatic carboxylic acids is 2. The van der Waals surface area contributed by atoms with Gasteiger partial charge in [-0.3, -0.25) is 10.1 Å². The second-order valence-corrected chi connectivity index (χ2v) is 8.00. The molecule has 32 heavy (non-hydrogen) atoms. The molecular formula is C22H22ClN3O6. The van der Waals surface area contributed by atoms with Crippen molar-refractivity contribution in [3.63, 3.8) is 0 Å². The third-order valence-electron chi connectivity index (χ3n) is 5.68. The van der Waals surface area contributed by atoms with Gasteiger partial charge in [-0.1, -0.05) is 29.8 Å². The first-order chi connectivity index (χ1) is 15.2. The smallest absolute Gasteiger partial charge is 0.328 e. The summed E-state index contributed by atoms with van der Waals surface area (Å²) in [5.41, 5.74) is 3.47. The molecular weight excluding hydrogens is 438 g/mol. The van der Waals surface area contributed by atoms with Crippen LogP contribution in [0, 0.1) is 10.1 Å². The van der Waals surface area contributed by atoms with Gasteiger partial charge in [0.2, 0.25) is 0 Å². The summed E-state index contributed by atoms with van der Waals surface area (Å²) in [4.78, 5) is 32.2. The van der Waals surface area contributed by atoms with E-state index < -0.39 is 11.9 Å². The van der Waals surface area contributed by atoms with Crippen molar-refractivity contribution >= 4 is 40.6 Å². The van der Waals surface area contributed by atoms with Crippen molar-refractivity contribution in [1.82, 2.24) is 0 Å². The first kappa shape index (κ1) is 23.1. The Labute approximate surface area is 189 Å². The Bertz CT molecular complexity index is 1050. The number of benzene rings is 2. The van der Waals surface area contributed by atoms with Crippen molar-refractivity contribution in [2.45, 2.75) is 18.3 Å². The van der Waals surface area contributed by atoms with Crippen LogP contribution in [-0.4, -0.2) is 46.7 Å². The largest absolute Gasteiger partial charge is 0.478 e. The van der Waals surface area contributed by atoms with Gasteiger partial charge in [-0.25, -0.2) is 9.59 Å². The molecule has 1 saturated heterocycles. The highest BCUT2D eigenvalue weighted by molar-refractivity contribution is 6.30. The lowest BCUT2D eigenvalue weighted by Crippen LogP contribution is -2.44. The van der Waals surface area contributed by atoms with E-state index in [1.807, 2.05) is 24.3 Å². The molecule has 0 bridgehead atoms. The van der Waals surface area contributed by atoms with Crippen molar-refractivity contribution in [3.8, 4) is 0 Å². The summed E-state index contributed by atoms with van der Waals surface area (Å²) in [6, 6.07) is 13.1. The number of nitro benzene ring substituents is 1. The molecule has 0 amide bonds. The Balaban J connectivity index is 0.000000312. The van der Waals surface area contributed by atoms with Gasteiger partial charge in [-0.2, -0.15) is 0 Å². The highest BCUT2D eigenvalue weighted by Crippen LogP contribution is 2.45. The predicted molar refractivity (Wildman–Crippen MR) is 121 cm³/mol. The lowest BCUT2D eigenvalue weighted by molar-refractivity contribution is -0.384. The number of hydrogen-bond donors (Lipinski definition) is 3. The van der Waals surface area contributed by atoms with Crippen LogP contribution >= 0.6 is 11.6 Å². The molecule has 10 heteroatoms. The number of nitrogens with one attached hydrogen (secondary N) is 1. The normalized spacial score (nSPS) is 16.1. The van der Waals surface area contributed by atoms with Crippen molar-refractivity contribution in [2.75, 3.05) is 29.9 Å². The third kappa shape index (κ3) is 5.17. The number of fused-ring (bicyclic) bond motifs is 2. The van der Waals surface area contributed by atoms with Gasteiger partial charge in [0, 0.05) is 54.0 Å². The molecule has 168 valence electrons. The first-order valence-corrected chi connectivity index (χ1v) is 10.3. The minimum absolute atomic E-state index is 0.111. The number of carbonyl (C=O) groups is 2. The number of carboxylic acids is 2. The highest BCUT2D eigenvalue weighted by atomic mass is 35.5. The lowest BCUT2D eigenvalue weighted by Gasteiger charge is -2.40. The maximum Gasteiger partial charge on any atom is 0.328 e. The molecule has 2 aliphatic rings. The SMILES string of the molecule is O=C(O)/C=C\C(=O)O.O=[N+]([O-])c1ccccc1N1CCC2(CC1)CNc1cc(Cl)ccc12. The molecule has 2 heterocycles. The molecule has 9 nitrogen and oxygen atoms in total. The van der Waals surface area contributed by atoms with E-state index >= 15 is 0 Å². The lowest BCUT2D eigenvalue weighted by atomic mass is 9.74. The first-order valence-electron chi connectivity index (χ1n) is 9.88. The summed E-state index contributed by atoms with van der Waals surface area (Å²) >= 11 is 6.09. The minimum atomic E-state index is -1.26. The number of para-hydroxylation sites is 2. The fraction of sp³-hybridized carbons (Fsp3) is 0.273. The average molecular weight is 460 g/mol. The van der Waals surface area contributed by atoms with Crippen LogP contribution in [0.3, 0.4) is 0 Å². The molecule has 2 aromatic rings. The Kier molecular flexibility index (Phi) is 6.99. The van der Waals surface area contributed by atoms with Crippen LogP contribution in [0.25, 0.3) is 0 Å². The second kappa shape index (κ2) is 9.69. The van der Waals surface area contributed by atoms with Gasteiger partial charge in [0.15, 0.2) is 0 Å². The van der Waals surface area contributed by atoms with Crippen LogP contribution in [0.4, 0.5) is 17.1 Å². The van der Waals surface area contributed by atoms with Crippen LogP contribution in [0.5, 0.6) is 0 Å². The van der Waals surface area contributed by atoms with Crippen molar-refractivity contribution in [3.05, 3.63) is 75.3 Å². The van der Waals surface area contributed by atoms with Gasteiger partial charge in [-0.15, -0.1) is 0 Å². The number of carboxylic acid groups (broad SMARTS) is 2. The predicted octanol–water partition coefficient (Wildman–Crippen LogP) is 3.92. The number of rotatable bonds is 4. The number of piperidine rings is 1. The molecule has 4 rings (SSSR count). The van der Waals surface area contributed by atoms with Crippen LogP contribution < -0.4 is 10.2 Å². The molecule has 1 spiro atoms. The monoisotopic (exact) mass is 459 g/mol. The van der Waals surface area contributed by atoms with E-state index in [2.05, 4.69) is 16.3 Å². The maximum atomic E-state index is 11.3. The van der Waals surface area contributed by atoms with Crippen LogP contribution in [-0.2, 0) is 15.0 Å². The zero-order valence-electron chi connectivity index (χ0n) is 17.0. The second-order valence-electron chi connectivity index (χ2n) is 7.57. The number of anilines is 2. The van der Waals surface area contributed by atoms with Gasteiger partial charge in [0.05, 0.1) is 4.92 Å². The van der Waals surface area contributed by atoms with E-state index in [0.717, 1.165) is 48.9 Å². The number of hydrogen-bond acceptors (Lipinski definition) is 6. The molecule has 1 fully saturated rings. The van der Waals surface area contributed by atoms with Crippen LogP contribution in [0.1, 0.15) is 18.4 Å². The van der Waals surface area contributed by atoms with Gasteiger partial charge in [0.25, 0.3) is 5.69 Å². The number of nitrogens with zero attached hydrogens (tertiary/aromatic N) is 2. The number of halogens is 1. The molecule has 3 N–H and O–H groups in total. The van der Waals surface area contributed by atoms with Crippen LogP contribution in [0.15, 0.2) is 54.6 Å². The molecule has 0 saturated carbocycles. The Hall–Kier alpha value is -3.59. The number of nitro groups is 1. The van der Waals surface area contributed by atoms with Gasteiger partial charge in [0.1, 0.15) is 5.69 Å². The quantitative estimate of drug-likeness (QED) is 0.356. The summed E-state index contributed by atoms with van der Waals surface area (Å²) < 4.78 is 0. The third-order valence-corrected chi connectivity index (χ3v) is 5.91. The van der Waals surface area contributed by atoms with Crippen LogP contribution in [0.2, 0.25) is 5.02 Å². The summed E-state index contributed by atoms with van der Waals surface area (Å²) in [6.45, 7) is 2.54. The highest BCUT2D eigenvalue weighted by Gasteiger charge is 2.42. The van der Waals surface area contributed by atoms with E-state index in [9.17, 15) is 19.7 Å². The van der Waals surface area contributed by atoms with E-state index in [1.54, 1.807) is 12.1 Å². The average Bonchev–Trinajstić information content (AvgIpc) is 3.10. The standard InChI is InChI=1S/C18H18ClN3O2.C4H4O4/c19-13-5-6-14-15(11-13)20-12-18(14)7-9-21(10-8-18)16-3-1-2-4-17(16)22(23)24;5-3(6)1-2-4(7)8/h1-6,11,20H,7-10,12H2;1-2H,(H,5,6)(H,7,8)/b;2-1-. The molecule has 0 aliphatic carbocycles. The van der Waals surface area contributed by atoms with Crippen molar-refractivity contribution < 1.29 is 24.7 Å². The molecule has 0 radical (unpaired) electrons. The summed E-state index contributed by atoms with van der Waals surface area (Å²) in [5, 5.41) is 31.1.